The molecule has 0 unspecified atom stereocenters. The monoisotopic (exact) mass is 449 g/mol. The molecule has 0 radical (unpaired) electrons. The summed E-state index contributed by atoms with van der Waals surface area (Å²) in [7, 11) is -2.58. The van der Waals surface area contributed by atoms with Gasteiger partial charge in [-0.2, -0.15) is 4.31 Å². The summed E-state index contributed by atoms with van der Waals surface area (Å²) in [5.74, 6) is -2.11. The Balaban J connectivity index is 1.62. The van der Waals surface area contributed by atoms with E-state index < -0.39 is 32.4 Å². The maximum Gasteiger partial charge on any atom is 0.328 e. The molecule has 1 fully saturated rings. The second-order valence-electron chi connectivity index (χ2n) is 7.05. The first-order valence-corrected chi connectivity index (χ1v) is 11.1. The number of sulfonamides is 1. The maximum atomic E-state index is 12.7. The molecule has 31 heavy (non-hydrogen) atoms. The third-order valence-corrected chi connectivity index (χ3v) is 6.64. The number of hydrogen-bond donors (Lipinski definition) is 0. The zero-order valence-electron chi connectivity index (χ0n) is 17.2. The minimum Gasteiger partial charge on any atom is -0.496 e. The van der Waals surface area contributed by atoms with E-state index in [-0.39, 0.29) is 24.6 Å². The van der Waals surface area contributed by atoms with Crippen LogP contribution in [0.4, 0.5) is 11.4 Å². The number of benzene rings is 2. The maximum absolute atomic E-state index is 12.7. The minimum atomic E-state index is -3.92. The molecule has 2 aromatic carbocycles. The van der Waals surface area contributed by atoms with E-state index in [0.29, 0.717) is 13.1 Å². The van der Waals surface area contributed by atoms with E-state index in [9.17, 15) is 23.3 Å². The fourth-order valence-corrected chi connectivity index (χ4v) is 4.55. The van der Waals surface area contributed by atoms with Crippen molar-refractivity contribution in [2.45, 2.75) is 6.92 Å². The normalized spacial score (nSPS) is 14.8. The molecular formula is C20H23N3O7S. The number of hydrogen-bond acceptors (Lipinski definition) is 8. The summed E-state index contributed by atoms with van der Waals surface area (Å²) < 4.78 is 36.5. The van der Waals surface area contributed by atoms with E-state index >= 15 is 0 Å². The molecule has 1 aliphatic rings. The summed E-state index contributed by atoms with van der Waals surface area (Å²) in [6, 6.07) is 11.6. The highest BCUT2D eigenvalue weighted by Gasteiger charge is 2.31. The number of esters is 1. The summed E-state index contributed by atoms with van der Waals surface area (Å²) in [4.78, 5) is 24.8. The van der Waals surface area contributed by atoms with Gasteiger partial charge in [0.05, 0.1) is 18.1 Å². The third-order valence-electron chi connectivity index (χ3n) is 4.89. The van der Waals surface area contributed by atoms with Crippen LogP contribution >= 0.6 is 0 Å². The predicted molar refractivity (Wildman–Crippen MR) is 114 cm³/mol. The Morgan fingerprint density at radius 3 is 2.45 bits per heavy atom. The van der Waals surface area contributed by atoms with Crippen molar-refractivity contribution in [3.8, 4) is 11.5 Å². The quantitative estimate of drug-likeness (QED) is 0.272. The molecule has 3 rings (SSSR count). The van der Waals surface area contributed by atoms with Crippen LogP contribution in [-0.4, -0.2) is 62.7 Å². The van der Waals surface area contributed by atoms with Gasteiger partial charge < -0.3 is 14.4 Å². The van der Waals surface area contributed by atoms with E-state index in [2.05, 4.69) is 4.90 Å². The van der Waals surface area contributed by atoms with Crippen LogP contribution in [0.3, 0.4) is 0 Å². The SMILES string of the molecule is COc1ccc(OC(=O)CS(=O)(=O)N2CCN(c3cccc(C)c3)CC2)c([N+](=O)[O-])c1. The zero-order valence-corrected chi connectivity index (χ0v) is 18.0. The highest BCUT2D eigenvalue weighted by molar-refractivity contribution is 7.89. The third kappa shape index (κ3) is 5.50. The van der Waals surface area contributed by atoms with Gasteiger partial charge >= 0.3 is 11.7 Å². The minimum absolute atomic E-state index is 0.214. The van der Waals surface area contributed by atoms with E-state index in [1.807, 2.05) is 31.2 Å². The van der Waals surface area contributed by atoms with Gasteiger partial charge in [-0.15, -0.1) is 0 Å². The Kier molecular flexibility index (Phi) is 6.76. The Morgan fingerprint density at radius 2 is 1.84 bits per heavy atom. The molecule has 166 valence electrons. The van der Waals surface area contributed by atoms with Crippen LogP contribution in [0.5, 0.6) is 11.5 Å². The van der Waals surface area contributed by atoms with Crippen LogP contribution in [0.1, 0.15) is 5.56 Å². The number of piperazine rings is 1. The first-order valence-electron chi connectivity index (χ1n) is 9.52. The van der Waals surface area contributed by atoms with Gasteiger partial charge in [0.25, 0.3) is 0 Å². The van der Waals surface area contributed by atoms with Gasteiger partial charge in [0, 0.05) is 31.9 Å². The second-order valence-corrected chi connectivity index (χ2v) is 9.02. The lowest BCUT2D eigenvalue weighted by atomic mass is 10.2. The number of nitro benzene ring substituents is 1. The summed E-state index contributed by atoms with van der Waals surface area (Å²) in [5.41, 5.74) is 1.64. The van der Waals surface area contributed by atoms with E-state index in [1.54, 1.807) is 0 Å². The molecule has 0 aromatic heterocycles. The summed E-state index contributed by atoms with van der Waals surface area (Å²) in [6.07, 6.45) is 0. The van der Waals surface area contributed by atoms with Gasteiger partial charge in [0.15, 0.2) is 5.75 Å². The summed E-state index contributed by atoms with van der Waals surface area (Å²) in [6.45, 7) is 3.42. The van der Waals surface area contributed by atoms with Crippen molar-refractivity contribution in [2.24, 2.45) is 0 Å². The lowest BCUT2D eigenvalue weighted by Crippen LogP contribution is -2.50. The van der Waals surface area contributed by atoms with Crippen molar-refractivity contribution in [1.82, 2.24) is 4.31 Å². The van der Waals surface area contributed by atoms with Crippen molar-refractivity contribution >= 4 is 27.4 Å². The van der Waals surface area contributed by atoms with Gasteiger partial charge in [-0.25, -0.2) is 8.42 Å². The Labute approximate surface area is 180 Å². The van der Waals surface area contributed by atoms with Gasteiger partial charge in [0.2, 0.25) is 15.8 Å². The molecule has 10 nitrogen and oxygen atoms in total. The van der Waals surface area contributed by atoms with Gasteiger partial charge in [0.1, 0.15) is 5.75 Å². The van der Waals surface area contributed by atoms with Crippen molar-refractivity contribution in [3.05, 3.63) is 58.1 Å². The first-order chi connectivity index (χ1) is 14.7. The van der Waals surface area contributed by atoms with Gasteiger partial charge in [-0.05, 0) is 36.8 Å². The fourth-order valence-electron chi connectivity index (χ4n) is 3.29. The molecule has 0 saturated carbocycles. The predicted octanol–water partition coefficient (Wildman–Crippen LogP) is 1.97. The smallest absolute Gasteiger partial charge is 0.328 e. The van der Waals surface area contributed by atoms with Crippen molar-refractivity contribution in [3.63, 3.8) is 0 Å². The van der Waals surface area contributed by atoms with Crippen molar-refractivity contribution in [1.29, 1.82) is 0 Å². The van der Waals surface area contributed by atoms with Crippen LogP contribution < -0.4 is 14.4 Å². The molecular weight excluding hydrogens is 426 g/mol. The topological polar surface area (TPSA) is 119 Å². The average Bonchev–Trinajstić information content (AvgIpc) is 2.73. The average molecular weight is 449 g/mol. The number of carbonyl (C=O) groups excluding carboxylic acids is 1. The van der Waals surface area contributed by atoms with E-state index in [1.165, 1.54) is 23.5 Å². The molecule has 1 aliphatic heterocycles. The number of carbonyl (C=O) groups is 1. The number of methoxy groups -OCH3 is 1. The van der Waals surface area contributed by atoms with Crippen molar-refractivity contribution < 1.29 is 27.6 Å². The van der Waals surface area contributed by atoms with Gasteiger partial charge in [-0.3, -0.25) is 14.9 Å². The molecule has 0 atom stereocenters. The summed E-state index contributed by atoms with van der Waals surface area (Å²) >= 11 is 0. The largest absolute Gasteiger partial charge is 0.496 e. The molecule has 1 heterocycles. The van der Waals surface area contributed by atoms with Crippen LogP contribution in [0.2, 0.25) is 0 Å². The highest BCUT2D eigenvalue weighted by atomic mass is 32.2. The second kappa shape index (κ2) is 9.31. The van der Waals surface area contributed by atoms with Crippen LogP contribution in [-0.2, 0) is 14.8 Å². The first kappa shape index (κ1) is 22.5. The van der Waals surface area contributed by atoms with Crippen molar-refractivity contribution in [2.75, 3.05) is 43.9 Å². The molecule has 1 saturated heterocycles. The molecule has 2 aromatic rings. The molecule has 0 N–H and O–H groups in total. The number of nitro groups is 1. The number of rotatable bonds is 7. The van der Waals surface area contributed by atoms with Gasteiger partial charge in [-0.1, -0.05) is 12.1 Å². The molecule has 11 heteroatoms. The molecule has 0 bridgehead atoms. The van der Waals surface area contributed by atoms with Crippen LogP contribution in [0.25, 0.3) is 0 Å². The Morgan fingerprint density at radius 1 is 1.13 bits per heavy atom. The number of aryl methyl sites for hydroxylation is 1. The van der Waals surface area contributed by atoms with Crippen LogP contribution in [0.15, 0.2) is 42.5 Å². The zero-order chi connectivity index (χ0) is 22.6. The standard InChI is InChI=1S/C20H23N3O7S/c1-15-4-3-5-16(12-15)21-8-10-22(11-9-21)31(27,28)14-20(24)30-19-7-6-17(29-2)13-18(19)23(25)26/h3-7,12-13H,8-11,14H2,1-2H3. The number of nitrogens with zero attached hydrogens (tertiary/aromatic N) is 3. The Hall–Kier alpha value is -3.18. The Bertz CT molecular complexity index is 1080. The lowest BCUT2D eigenvalue weighted by Gasteiger charge is -2.35. The molecule has 0 spiro atoms. The summed E-state index contributed by atoms with van der Waals surface area (Å²) in [5, 5.41) is 11.2. The highest BCUT2D eigenvalue weighted by Crippen LogP contribution is 2.31. The molecule has 0 aliphatic carbocycles. The lowest BCUT2D eigenvalue weighted by molar-refractivity contribution is -0.385. The fraction of sp³-hybridized carbons (Fsp3) is 0.350. The van der Waals surface area contributed by atoms with E-state index in [0.717, 1.165) is 17.3 Å². The van der Waals surface area contributed by atoms with E-state index in [4.69, 9.17) is 9.47 Å². The molecule has 0 amide bonds. The number of ether oxygens (including phenoxy) is 2. The number of anilines is 1. The van der Waals surface area contributed by atoms with Crippen LogP contribution in [0, 0.1) is 17.0 Å².